The van der Waals surface area contributed by atoms with Gasteiger partial charge >= 0.3 is 0 Å². The first-order valence-electron chi connectivity index (χ1n) is 2.94. The molecular formula is C7H5ClO2. The van der Waals surface area contributed by atoms with E-state index in [-0.39, 0.29) is 0 Å². The van der Waals surface area contributed by atoms with Gasteiger partial charge in [-0.25, -0.2) is 0 Å². The largest absolute Gasteiger partial charge is 0.335 e. The van der Waals surface area contributed by atoms with Crippen molar-refractivity contribution >= 4 is 11.6 Å². The Kier molecular flexibility index (Phi) is 1.29. The minimum atomic E-state index is -0.448. The predicted molar refractivity (Wildman–Crippen MR) is 36.7 cm³/mol. The lowest BCUT2D eigenvalue weighted by Crippen LogP contribution is -1.85. The van der Waals surface area contributed by atoms with E-state index >= 15 is 0 Å². The van der Waals surface area contributed by atoms with Gasteiger partial charge in [0.1, 0.15) is 0 Å². The fourth-order valence-corrected chi connectivity index (χ4v) is 1.11. The maximum Gasteiger partial charge on any atom is 0.206 e. The number of hydrogen-bond donors (Lipinski definition) is 0. The molecule has 0 amide bonds. The van der Waals surface area contributed by atoms with Gasteiger partial charge in [-0.3, -0.25) is 0 Å². The molecule has 1 aliphatic heterocycles. The number of fused-ring (bicyclic) bond motifs is 1. The van der Waals surface area contributed by atoms with Gasteiger partial charge in [0.2, 0.25) is 5.56 Å². The second-order valence-electron chi connectivity index (χ2n) is 2.03. The van der Waals surface area contributed by atoms with E-state index in [0.717, 1.165) is 5.56 Å². The Bertz CT molecular complexity index is 249. The van der Waals surface area contributed by atoms with Gasteiger partial charge in [-0.05, 0) is 6.07 Å². The second kappa shape index (κ2) is 2.15. The summed E-state index contributed by atoms with van der Waals surface area (Å²) >= 11 is 5.70. The van der Waals surface area contributed by atoms with Crippen LogP contribution in [0.25, 0.3) is 0 Å². The zero-order valence-electron chi connectivity index (χ0n) is 5.08. The van der Waals surface area contributed by atoms with Crippen molar-refractivity contribution in [2.45, 2.75) is 5.56 Å². The summed E-state index contributed by atoms with van der Waals surface area (Å²) < 4.78 is 0. The Morgan fingerprint density at radius 2 is 2.10 bits per heavy atom. The number of hydrogen-bond acceptors (Lipinski definition) is 2. The third-order valence-electron chi connectivity index (χ3n) is 1.39. The molecule has 2 nitrogen and oxygen atoms in total. The highest BCUT2D eigenvalue weighted by Crippen LogP contribution is 2.36. The second-order valence-corrected chi connectivity index (χ2v) is 2.43. The number of para-hydroxylation sites is 1. The summed E-state index contributed by atoms with van der Waals surface area (Å²) in [6, 6.07) is 7.46. The quantitative estimate of drug-likeness (QED) is 0.424. The van der Waals surface area contributed by atoms with Crippen LogP contribution < -0.4 is 4.89 Å². The van der Waals surface area contributed by atoms with E-state index in [1.54, 1.807) is 0 Å². The molecule has 1 aliphatic rings. The van der Waals surface area contributed by atoms with E-state index in [4.69, 9.17) is 16.5 Å². The van der Waals surface area contributed by atoms with Crippen LogP contribution in [0.5, 0.6) is 5.75 Å². The molecule has 0 fully saturated rings. The standard InChI is InChI=1S/C7H5ClO2/c8-7-5-3-1-2-4-6(5)9-10-7/h1-4,7H. The summed E-state index contributed by atoms with van der Waals surface area (Å²) in [4.78, 5) is 9.47. The minimum Gasteiger partial charge on any atom is -0.335 e. The van der Waals surface area contributed by atoms with Gasteiger partial charge in [0.25, 0.3) is 0 Å². The first-order chi connectivity index (χ1) is 4.88. The lowest BCUT2D eigenvalue weighted by Gasteiger charge is -1.91. The maximum absolute atomic E-state index is 5.70. The first-order valence-corrected chi connectivity index (χ1v) is 3.38. The molecule has 52 valence electrons. The number of alkyl halides is 1. The lowest BCUT2D eigenvalue weighted by atomic mass is 10.2. The average Bonchev–Trinajstić information content (AvgIpc) is 2.34. The molecule has 0 aliphatic carbocycles. The van der Waals surface area contributed by atoms with Crippen LogP contribution in [-0.2, 0) is 4.89 Å². The van der Waals surface area contributed by atoms with Crippen LogP contribution in [0.1, 0.15) is 11.1 Å². The summed E-state index contributed by atoms with van der Waals surface area (Å²) in [7, 11) is 0. The fourth-order valence-electron chi connectivity index (χ4n) is 0.890. The predicted octanol–water partition coefficient (Wildman–Crippen LogP) is 2.25. The SMILES string of the molecule is ClC1OOc2ccccc21. The molecule has 0 aromatic heterocycles. The lowest BCUT2D eigenvalue weighted by molar-refractivity contribution is -0.200. The first kappa shape index (κ1) is 6.01. The van der Waals surface area contributed by atoms with Crippen LogP contribution >= 0.6 is 11.6 Å². The molecule has 1 aromatic rings. The van der Waals surface area contributed by atoms with Crippen molar-refractivity contribution < 1.29 is 9.78 Å². The van der Waals surface area contributed by atoms with Crippen molar-refractivity contribution in [2.75, 3.05) is 0 Å². The molecule has 10 heavy (non-hydrogen) atoms. The molecule has 1 heterocycles. The van der Waals surface area contributed by atoms with Crippen molar-refractivity contribution in [3.05, 3.63) is 29.8 Å². The van der Waals surface area contributed by atoms with E-state index < -0.39 is 5.56 Å². The molecule has 0 radical (unpaired) electrons. The normalized spacial score (nSPS) is 21.9. The van der Waals surface area contributed by atoms with Crippen molar-refractivity contribution in [3.8, 4) is 5.75 Å². The molecule has 0 saturated carbocycles. The van der Waals surface area contributed by atoms with Crippen LogP contribution in [0.15, 0.2) is 24.3 Å². The number of rotatable bonds is 0. The third kappa shape index (κ3) is 0.770. The van der Waals surface area contributed by atoms with Gasteiger partial charge in [-0.2, -0.15) is 4.89 Å². The highest BCUT2D eigenvalue weighted by molar-refractivity contribution is 6.20. The molecule has 0 saturated heterocycles. The highest BCUT2D eigenvalue weighted by atomic mass is 35.5. The third-order valence-corrected chi connectivity index (χ3v) is 1.69. The van der Waals surface area contributed by atoms with Crippen LogP contribution in [-0.4, -0.2) is 0 Å². The summed E-state index contributed by atoms with van der Waals surface area (Å²) in [6.45, 7) is 0. The van der Waals surface area contributed by atoms with E-state index in [0.29, 0.717) is 5.75 Å². The topological polar surface area (TPSA) is 18.5 Å². The Morgan fingerprint density at radius 1 is 1.30 bits per heavy atom. The van der Waals surface area contributed by atoms with E-state index in [9.17, 15) is 0 Å². The monoisotopic (exact) mass is 156 g/mol. The van der Waals surface area contributed by atoms with Crippen molar-refractivity contribution in [1.29, 1.82) is 0 Å². The van der Waals surface area contributed by atoms with Crippen LogP contribution in [0.4, 0.5) is 0 Å². The molecule has 1 unspecified atom stereocenters. The summed E-state index contributed by atoms with van der Waals surface area (Å²) in [5.74, 6) is 0.711. The summed E-state index contributed by atoms with van der Waals surface area (Å²) in [6.07, 6.45) is 0. The smallest absolute Gasteiger partial charge is 0.206 e. The zero-order chi connectivity index (χ0) is 6.97. The van der Waals surface area contributed by atoms with Gasteiger partial charge in [0, 0.05) is 5.56 Å². The Labute approximate surface area is 63.3 Å². The number of benzene rings is 1. The molecular weight excluding hydrogens is 152 g/mol. The highest BCUT2D eigenvalue weighted by Gasteiger charge is 2.22. The van der Waals surface area contributed by atoms with Gasteiger partial charge in [-0.15, -0.1) is 0 Å². The summed E-state index contributed by atoms with van der Waals surface area (Å²) in [5.41, 5.74) is 0.445. The zero-order valence-corrected chi connectivity index (χ0v) is 5.84. The Hall–Kier alpha value is -0.730. The summed E-state index contributed by atoms with van der Waals surface area (Å²) in [5, 5.41) is 0. The number of halogens is 1. The molecule has 0 N–H and O–H groups in total. The van der Waals surface area contributed by atoms with Crippen LogP contribution in [0.3, 0.4) is 0 Å². The molecule has 1 aromatic carbocycles. The van der Waals surface area contributed by atoms with Crippen molar-refractivity contribution in [3.63, 3.8) is 0 Å². The Balaban J connectivity index is 2.51. The Morgan fingerprint density at radius 3 is 2.90 bits per heavy atom. The molecule has 0 bridgehead atoms. The van der Waals surface area contributed by atoms with Crippen LogP contribution in [0.2, 0.25) is 0 Å². The molecule has 2 rings (SSSR count). The molecule has 3 heteroatoms. The maximum atomic E-state index is 5.70. The van der Waals surface area contributed by atoms with Gasteiger partial charge in [0.15, 0.2) is 5.75 Å². The van der Waals surface area contributed by atoms with E-state index in [1.165, 1.54) is 0 Å². The van der Waals surface area contributed by atoms with E-state index in [1.807, 2.05) is 24.3 Å². The van der Waals surface area contributed by atoms with Gasteiger partial charge in [-0.1, -0.05) is 29.8 Å². The minimum absolute atomic E-state index is 0.448. The molecule has 0 spiro atoms. The van der Waals surface area contributed by atoms with Crippen molar-refractivity contribution in [1.82, 2.24) is 0 Å². The fraction of sp³-hybridized carbons (Fsp3) is 0.143. The van der Waals surface area contributed by atoms with Crippen molar-refractivity contribution in [2.24, 2.45) is 0 Å². The van der Waals surface area contributed by atoms with Gasteiger partial charge in [0.05, 0.1) is 0 Å². The average molecular weight is 157 g/mol. The molecule has 1 atom stereocenters. The van der Waals surface area contributed by atoms with Crippen LogP contribution in [0, 0.1) is 0 Å². The van der Waals surface area contributed by atoms with Gasteiger partial charge < -0.3 is 4.89 Å². The van der Waals surface area contributed by atoms with E-state index in [2.05, 4.69) is 4.89 Å².